The third-order valence-electron chi connectivity index (χ3n) is 3.70. The van der Waals surface area contributed by atoms with Crippen LogP contribution in [0.15, 0.2) is 24.5 Å². The van der Waals surface area contributed by atoms with Gasteiger partial charge in [0.15, 0.2) is 0 Å². The number of nitrogens with zero attached hydrogens (tertiary/aromatic N) is 2. The van der Waals surface area contributed by atoms with Crippen LogP contribution in [-0.4, -0.2) is 33.7 Å². The molecule has 0 bridgehead atoms. The van der Waals surface area contributed by atoms with Crippen LogP contribution in [0.25, 0.3) is 0 Å². The quantitative estimate of drug-likeness (QED) is 0.870. The third-order valence-corrected chi connectivity index (χ3v) is 3.70. The SMILES string of the molecule is CC(O)CN(Cc1cccnc1)C1CCCCC1. The summed E-state index contributed by atoms with van der Waals surface area (Å²) >= 11 is 0. The normalized spacial score (nSPS) is 19.1. The number of hydrogen-bond acceptors (Lipinski definition) is 3. The second-order valence-corrected chi connectivity index (χ2v) is 5.43. The summed E-state index contributed by atoms with van der Waals surface area (Å²) in [5.74, 6) is 0. The Kier molecular flexibility index (Phi) is 5.14. The number of aromatic nitrogens is 1. The van der Waals surface area contributed by atoms with Crippen LogP contribution in [0.1, 0.15) is 44.6 Å². The van der Waals surface area contributed by atoms with Crippen molar-refractivity contribution in [2.24, 2.45) is 0 Å². The lowest BCUT2D eigenvalue weighted by Crippen LogP contribution is -2.40. The van der Waals surface area contributed by atoms with E-state index in [0.29, 0.717) is 6.04 Å². The highest BCUT2D eigenvalue weighted by atomic mass is 16.3. The number of rotatable bonds is 5. The minimum absolute atomic E-state index is 0.261. The molecule has 1 heterocycles. The van der Waals surface area contributed by atoms with Gasteiger partial charge in [0.25, 0.3) is 0 Å². The largest absolute Gasteiger partial charge is 0.392 e. The highest BCUT2D eigenvalue weighted by Gasteiger charge is 2.22. The highest BCUT2D eigenvalue weighted by molar-refractivity contribution is 5.08. The molecule has 1 atom stereocenters. The van der Waals surface area contributed by atoms with Gasteiger partial charge in [-0.1, -0.05) is 25.3 Å². The van der Waals surface area contributed by atoms with Crippen LogP contribution in [0, 0.1) is 0 Å². The van der Waals surface area contributed by atoms with Gasteiger partial charge in [-0.15, -0.1) is 0 Å². The van der Waals surface area contributed by atoms with E-state index in [1.54, 1.807) is 0 Å². The number of hydrogen-bond donors (Lipinski definition) is 1. The lowest BCUT2D eigenvalue weighted by molar-refractivity contribution is 0.0768. The van der Waals surface area contributed by atoms with Gasteiger partial charge in [0, 0.05) is 31.5 Å². The zero-order valence-corrected chi connectivity index (χ0v) is 11.3. The summed E-state index contributed by atoms with van der Waals surface area (Å²) in [7, 11) is 0. The third kappa shape index (κ3) is 4.07. The first-order valence-corrected chi connectivity index (χ1v) is 7.06. The molecule has 0 saturated heterocycles. The molecule has 18 heavy (non-hydrogen) atoms. The Hall–Kier alpha value is -0.930. The fraction of sp³-hybridized carbons (Fsp3) is 0.667. The Balaban J connectivity index is 1.99. The van der Waals surface area contributed by atoms with E-state index in [1.807, 2.05) is 25.4 Å². The van der Waals surface area contributed by atoms with Crippen LogP contribution in [-0.2, 0) is 6.54 Å². The van der Waals surface area contributed by atoms with E-state index in [1.165, 1.54) is 37.7 Å². The van der Waals surface area contributed by atoms with Gasteiger partial charge in [-0.05, 0) is 31.4 Å². The van der Waals surface area contributed by atoms with Crippen LogP contribution in [0.5, 0.6) is 0 Å². The van der Waals surface area contributed by atoms with Gasteiger partial charge >= 0.3 is 0 Å². The number of aliphatic hydroxyl groups excluding tert-OH is 1. The van der Waals surface area contributed by atoms with Crippen molar-refractivity contribution in [3.05, 3.63) is 30.1 Å². The molecule has 100 valence electrons. The molecule has 3 nitrogen and oxygen atoms in total. The maximum atomic E-state index is 9.67. The zero-order chi connectivity index (χ0) is 12.8. The summed E-state index contributed by atoms with van der Waals surface area (Å²) in [5.41, 5.74) is 1.24. The van der Waals surface area contributed by atoms with Gasteiger partial charge in [0.1, 0.15) is 0 Å². The summed E-state index contributed by atoms with van der Waals surface area (Å²) < 4.78 is 0. The molecule has 1 unspecified atom stereocenters. The fourth-order valence-electron chi connectivity index (χ4n) is 2.85. The Morgan fingerprint density at radius 2 is 2.17 bits per heavy atom. The average molecular weight is 248 g/mol. The first-order valence-electron chi connectivity index (χ1n) is 7.06. The van der Waals surface area contributed by atoms with Crippen molar-refractivity contribution < 1.29 is 5.11 Å². The lowest BCUT2D eigenvalue weighted by atomic mass is 9.93. The minimum Gasteiger partial charge on any atom is -0.392 e. The van der Waals surface area contributed by atoms with Crippen molar-refractivity contribution in [3.63, 3.8) is 0 Å². The minimum atomic E-state index is -0.261. The van der Waals surface area contributed by atoms with Crippen molar-refractivity contribution >= 4 is 0 Å². The summed E-state index contributed by atoms with van der Waals surface area (Å²) in [6, 6.07) is 4.73. The molecule has 0 aromatic carbocycles. The monoisotopic (exact) mass is 248 g/mol. The molecule has 3 heteroatoms. The molecule has 1 aliphatic carbocycles. The van der Waals surface area contributed by atoms with Gasteiger partial charge in [-0.3, -0.25) is 9.88 Å². The Labute approximate surface area is 110 Å². The molecule has 2 rings (SSSR count). The molecule has 1 saturated carbocycles. The van der Waals surface area contributed by atoms with Gasteiger partial charge in [0.05, 0.1) is 6.10 Å². The Morgan fingerprint density at radius 3 is 2.78 bits per heavy atom. The number of aliphatic hydroxyl groups is 1. The van der Waals surface area contributed by atoms with E-state index in [2.05, 4.69) is 16.0 Å². The topological polar surface area (TPSA) is 36.4 Å². The van der Waals surface area contributed by atoms with E-state index in [9.17, 15) is 5.11 Å². The van der Waals surface area contributed by atoms with E-state index in [4.69, 9.17) is 0 Å². The van der Waals surface area contributed by atoms with Crippen molar-refractivity contribution in [1.82, 2.24) is 9.88 Å². The smallest absolute Gasteiger partial charge is 0.0639 e. The molecule has 1 N–H and O–H groups in total. The van der Waals surface area contributed by atoms with Crippen LogP contribution < -0.4 is 0 Å². The fourth-order valence-corrected chi connectivity index (χ4v) is 2.85. The maximum absolute atomic E-state index is 9.67. The second-order valence-electron chi connectivity index (χ2n) is 5.43. The van der Waals surface area contributed by atoms with Crippen molar-refractivity contribution in [2.75, 3.05) is 6.54 Å². The van der Waals surface area contributed by atoms with Crippen molar-refractivity contribution in [3.8, 4) is 0 Å². The molecule has 1 aliphatic rings. The van der Waals surface area contributed by atoms with Gasteiger partial charge in [0.2, 0.25) is 0 Å². The second kappa shape index (κ2) is 6.86. The van der Waals surface area contributed by atoms with E-state index < -0.39 is 0 Å². The standard InChI is InChI=1S/C15H24N2O/c1-13(18)11-17(15-7-3-2-4-8-15)12-14-6-5-9-16-10-14/h5-6,9-10,13,15,18H,2-4,7-8,11-12H2,1H3. The average Bonchev–Trinajstić information content (AvgIpc) is 2.40. The summed E-state index contributed by atoms with van der Waals surface area (Å²) in [6.45, 7) is 3.54. The Bertz CT molecular complexity index is 334. The Morgan fingerprint density at radius 1 is 1.39 bits per heavy atom. The number of pyridine rings is 1. The summed E-state index contributed by atoms with van der Waals surface area (Å²) in [5, 5.41) is 9.67. The highest BCUT2D eigenvalue weighted by Crippen LogP contribution is 2.24. The van der Waals surface area contributed by atoms with Gasteiger partial charge in [-0.25, -0.2) is 0 Å². The van der Waals surface area contributed by atoms with Crippen LogP contribution >= 0.6 is 0 Å². The molecule has 1 fully saturated rings. The molecule has 0 spiro atoms. The molecular weight excluding hydrogens is 224 g/mol. The van der Waals surface area contributed by atoms with Crippen molar-refractivity contribution in [1.29, 1.82) is 0 Å². The van der Waals surface area contributed by atoms with E-state index in [0.717, 1.165) is 13.1 Å². The predicted octanol–water partition coefficient (Wildman–Crippen LogP) is 2.60. The van der Waals surface area contributed by atoms with Crippen LogP contribution in [0.3, 0.4) is 0 Å². The first-order chi connectivity index (χ1) is 8.75. The summed E-state index contributed by atoms with van der Waals surface area (Å²) in [6.07, 6.45) is 10.0. The molecular formula is C15H24N2O. The van der Waals surface area contributed by atoms with Gasteiger partial charge in [-0.2, -0.15) is 0 Å². The molecule has 0 radical (unpaired) electrons. The van der Waals surface area contributed by atoms with Crippen LogP contribution in [0.4, 0.5) is 0 Å². The summed E-state index contributed by atoms with van der Waals surface area (Å²) in [4.78, 5) is 6.60. The van der Waals surface area contributed by atoms with Crippen LogP contribution in [0.2, 0.25) is 0 Å². The zero-order valence-electron chi connectivity index (χ0n) is 11.3. The first kappa shape index (κ1) is 13.5. The molecule has 1 aromatic rings. The molecule has 0 aliphatic heterocycles. The predicted molar refractivity (Wildman–Crippen MR) is 73.2 cm³/mol. The van der Waals surface area contributed by atoms with E-state index >= 15 is 0 Å². The lowest BCUT2D eigenvalue weighted by Gasteiger charge is -2.35. The molecule has 1 aromatic heterocycles. The maximum Gasteiger partial charge on any atom is 0.0639 e. The van der Waals surface area contributed by atoms with Gasteiger partial charge < -0.3 is 5.11 Å². The van der Waals surface area contributed by atoms with E-state index in [-0.39, 0.29) is 6.10 Å². The molecule has 0 amide bonds. The van der Waals surface area contributed by atoms with Crippen molar-refractivity contribution in [2.45, 2.75) is 57.7 Å².